The Balaban J connectivity index is 0.00000423. The number of hydrogen-bond donors (Lipinski definition) is 0. The van der Waals surface area contributed by atoms with Crippen LogP contribution >= 0.6 is 12.4 Å². The van der Waals surface area contributed by atoms with E-state index in [1.165, 1.54) is 37.7 Å². The van der Waals surface area contributed by atoms with E-state index in [1.54, 1.807) is 0 Å². The standard InChI is InChI=1S/C36H51N3O3.ClH/c1-3-21-39(36(41)42-27-28-13-7-4-8-14-28)32-19-22-38(23-20-32)26-31-24-33(25-34(31)29-15-9-5-10-16-29)37(2)35(40)30-17-11-6-12-18-30;/h5-6,9-12,15-18,28,31-34H,3-4,7-8,13-14,19-27H2,1-2H3;1H. The topological polar surface area (TPSA) is 53.1 Å². The highest BCUT2D eigenvalue weighted by Crippen LogP contribution is 2.42. The van der Waals surface area contributed by atoms with Crippen molar-refractivity contribution in [2.24, 2.45) is 11.8 Å². The smallest absolute Gasteiger partial charge is 0.410 e. The number of nitrogens with zero attached hydrogens (tertiary/aromatic N) is 3. The lowest BCUT2D eigenvalue weighted by atomic mass is 9.88. The molecule has 2 amide bonds. The molecular formula is C36H52ClN3O3. The second kappa shape index (κ2) is 16.5. The summed E-state index contributed by atoms with van der Waals surface area (Å²) < 4.78 is 5.87. The largest absolute Gasteiger partial charge is 0.449 e. The molecule has 3 atom stereocenters. The first kappa shape index (κ1) is 33.3. The number of benzene rings is 2. The Hall–Kier alpha value is -2.57. The van der Waals surface area contributed by atoms with Crippen molar-refractivity contribution in [3.8, 4) is 0 Å². The summed E-state index contributed by atoms with van der Waals surface area (Å²) in [6.45, 7) is 6.55. The average Bonchev–Trinajstić information content (AvgIpc) is 3.47. The van der Waals surface area contributed by atoms with Gasteiger partial charge in [0.15, 0.2) is 0 Å². The van der Waals surface area contributed by atoms with Gasteiger partial charge < -0.3 is 19.4 Å². The predicted octanol–water partition coefficient (Wildman–Crippen LogP) is 7.64. The molecule has 2 saturated carbocycles. The van der Waals surface area contributed by atoms with E-state index in [-0.39, 0.29) is 36.5 Å². The maximum atomic E-state index is 13.3. The van der Waals surface area contributed by atoms with E-state index >= 15 is 0 Å². The molecule has 2 aromatic carbocycles. The molecule has 3 unspecified atom stereocenters. The molecule has 1 heterocycles. The third-order valence-corrected chi connectivity index (χ3v) is 10.1. The van der Waals surface area contributed by atoms with Crippen LogP contribution < -0.4 is 0 Å². The molecule has 5 rings (SSSR count). The number of halogens is 1. The average molecular weight is 610 g/mol. The van der Waals surface area contributed by atoms with Crippen molar-refractivity contribution < 1.29 is 14.3 Å². The molecule has 2 aliphatic carbocycles. The van der Waals surface area contributed by atoms with Gasteiger partial charge in [0.25, 0.3) is 5.91 Å². The molecule has 3 aliphatic rings. The van der Waals surface area contributed by atoms with Crippen LogP contribution in [0, 0.1) is 11.8 Å². The van der Waals surface area contributed by atoms with E-state index < -0.39 is 0 Å². The van der Waals surface area contributed by atoms with Gasteiger partial charge in [0, 0.05) is 50.9 Å². The molecule has 0 aromatic heterocycles. The Morgan fingerprint density at radius 3 is 2.16 bits per heavy atom. The first-order chi connectivity index (χ1) is 20.5. The van der Waals surface area contributed by atoms with Crippen LogP contribution in [0.3, 0.4) is 0 Å². The van der Waals surface area contributed by atoms with E-state index in [9.17, 15) is 9.59 Å². The fraction of sp³-hybridized carbons (Fsp3) is 0.611. The summed E-state index contributed by atoms with van der Waals surface area (Å²) in [6.07, 6.45) is 11.1. The number of amides is 2. The van der Waals surface area contributed by atoms with Gasteiger partial charge in [-0.3, -0.25) is 4.79 Å². The minimum Gasteiger partial charge on any atom is -0.449 e. The Morgan fingerprint density at radius 1 is 0.860 bits per heavy atom. The van der Waals surface area contributed by atoms with Crippen molar-refractivity contribution in [2.75, 3.05) is 39.8 Å². The van der Waals surface area contributed by atoms with E-state index in [4.69, 9.17) is 4.74 Å². The Bertz CT molecular complexity index is 1120. The van der Waals surface area contributed by atoms with Gasteiger partial charge in [-0.05, 0) is 80.4 Å². The maximum Gasteiger partial charge on any atom is 0.410 e. The van der Waals surface area contributed by atoms with Crippen LogP contribution in [-0.2, 0) is 4.74 Å². The summed E-state index contributed by atoms with van der Waals surface area (Å²) in [5.41, 5.74) is 2.14. The van der Waals surface area contributed by atoms with Gasteiger partial charge >= 0.3 is 6.09 Å². The minimum atomic E-state index is -0.102. The van der Waals surface area contributed by atoms with E-state index in [0.29, 0.717) is 24.4 Å². The lowest BCUT2D eigenvalue weighted by molar-refractivity contribution is 0.0491. The van der Waals surface area contributed by atoms with Gasteiger partial charge in [0.1, 0.15) is 0 Å². The van der Waals surface area contributed by atoms with Crippen molar-refractivity contribution in [1.82, 2.24) is 14.7 Å². The second-order valence-corrected chi connectivity index (χ2v) is 13.0. The van der Waals surface area contributed by atoms with Crippen molar-refractivity contribution in [3.63, 3.8) is 0 Å². The van der Waals surface area contributed by atoms with Gasteiger partial charge in [0.2, 0.25) is 0 Å². The molecular weight excluding hydrogens is 558 g/mol. The molecule has 0 bridgehead atoms. The molecule has 6 nitrogen and oxygen atoms in total. The van der Waals surface area contributed by atoms with Gasteiger partial charge in [0.05, 0.1) is 6.61 Å². The number of carbonyl (C=O) groups is 2. The van der Waals surface area contributed by atoms with Crippen LogP contribution in [0.15, 0.2) is 60.7 Å². The normalized spacial score (nSPS) is 23.3. The number of piperidine rings is 1. The Labute approximate surface area is 265 Å². The summed E-state index contributed by atoms with van der Waals surface area (Å²) in [4.78, 5) is 33.1. The molecule has 7 heteroatoms. The molecule has 2 aromatic rings. The molecule has 0 N–H and O–H groups in total. The number of carbonyl (C=O) groups excluding carboxylic acids is 2. The molecule has 1 saturated heterocycles. The van der Waals surface area contributed by atoms with Crippen LogP contribution in [0.4, 0.5) is 4.79 Å². The van der Waals surface area contributed by atoms with Crippen molar-refractivity contribution in [3.05, 3.63) is 71.8 Å². The van der Waals surface area contributed by atoms with Crippen molar-refractivity contribution >= 4 is 24.4 Å². The number of hydrogen-bond acceptors (Lipinski definition) is 4. The van der Waals surface area contributed by atoms with E-state index in [1.807, 2.05) is 47.2 Å². The Morgan fingerprint density at radius 2 is 1.51 bits per heavy atom. The summed E-state index contributed by atoms with van der Waals surface area (Å²) in [5.74, 6) is 1.58. The quantitative estimate of drug-likeness (QED) is 0.278. The van der Waals surface area contributed by atoms with E-state index in [0.717, 1.165) is 63.8 Å². The molecule has 1 aliphatic heterocycles. The highest BCUT2D eigenvalue weighted by atomic mass is 35.5. The zero-order valence-corrected chi connectivity index (χ0v) is 27.1. The second-order valence-electron chi connectivity index (χ2n) is 13.0. The highest BCUT2D eigenvalue weighted by molar-refractivity contribution is 5.94. The zero-order valence-electron chi connectivity index (χ0n) is 26.2. The molecule has 0 spiro atoms. The van der Waals surface area contributed by atoms with Crippen LogP contribution in [0.1, 0.15) is 93.0 Å². The third kappa shape index (κ3) is 8.76. The number of ether oxygens (including phenoxy) is 1. The first-order valence-corrected chi connectivity index (χ1v) is 16.6. The number of rotatable bonds is 10. The summed E-state index contributed by atoms with van der Waals surface area (Å²) in [6, 6.07) is 21.0. The SMILES string of the molecule is CCCN(C(=O)OCC1CCCCC1)C1CCN(CC2CC(N(C)C(=O)c3ccccc3)CC2c2ccccc2)CC1.Cl. The monoisotopic (exact) mass is 609 g/mol. The molecule has 43 heavy (non-hydrogen) atoms. The molecule has 0 radical (unpaired) electrons. The van der Waals surface area contributed by atoms with Crippen molar-refractivity contribution in [2.45, 2.75) is 89.1 Å². The van der Waals surface area contributed by atoms with Crippen LogP contribution in [-0.4, -0.2) is 78.6 Å². The van der Waals surface area contributed by atoms with Gasteiger partial charge in [-0.15, -0.1) is 12.4 Å². The fourth-order valence-electron chi connectivity index (χ4n) is 7.71. The zero-order chi connectivity index (χ0) is 29.3. The molecule has 3 fully saturated rings. The third-order valence-electron chi connectivity index (χ3n) is 10.1. The van der Waals surface area contributed by atoms with Crippen LogP contribution in [0.5, 0.6) is 0 Å². The van der Waals surface area contributed by atoms with Gasteiger partial charge in [-0.25, -0.2) is 4.79 Å². The highest BCUT2D eigenvalue weighted by Gasteiger charge is 2.40. The van der Waals surface area contributed by atoms with Gasteiger partial charge in [-0.1, -0.05) is 74.7 Å². The van der Waals surface area contributed by atoms with Crippen molar-refractivity contribution in [1.29, 1.82) is 0 Å². The number of likely N-dealkylation sites (tertiary alicyclic amines) is 1. The Kier molecular flexibility index (Phi) is 12.8. The maximum absolute atomic E-state index is 13.3. The first-order valence-electron chi connectivity index (χ1n) is 16.6. The minimum absolute atomic E-state index is 0. The lowest BCUT2D eigenvalue weighted by Gasteiger charge is -2.39. The molecule has 236 valence electrons. The lowest BCUT2D eigenvalue weighted by Crippen LogP contribution is -2.49. The van der Waals surface area contributed by atoms with Crippen LogP contribution in [0.25, 0.3) is 0 Å². The summed E-state index contributed by atoms with van der Waals surface area (Å²) in [5, 5.41) is 0. The summed E-state index contributed by atoms with van der Waals surface area (Å²) >= 11 is 0. The summed E-state index contributed by atoms with van der Waals surface area (Å²) in [7, 11) is 1.98. The van der Waals surface area contributed by atoms with E-state index in [2.05, 4.69) is 42.2 Å². The van der Waals surface area contributed by atoms with Crippen LogP contribution in [0.2, 0.25) is 0 Å². The fourth-order valence-corrected chi connectivity index (χ4v) is 7.71. The van der Waals surface area contributed by atoms with Gasteiger partial charge in [-0.2, -0.15) is 0 Å². The predicted molar refractivity (Wildman–Crippen MR) is 176 cm³/mol.